The number of benzene rings is 5. The van der Waals surface area contributed by atoms with Crippen molar-refractivity contribution in [1.82, 2.24) is 9.80 Å². The molecule has 4 atom stereocenters. The number of rotatable bonds is 49. The molecule has 4 heterocycles. The zero-order chi connectivity index (χ0) is 77.2. The largest absolute Gasteiger partial charge is 0.297 e. The molecule has 3 aliphatic heterocycles. The first kappa shape index (κ1) is 87.2. The maximum atomic E-state index is 14.9. The maximum absolute atomic E-state index is 14.9. The van der Waals surface area contributed by atoms with Gasteiger partial charge in [-0.05, 0) is 162 Å². The first-order valence-electron chi connectivity index (χ1n) is 42.6. The summed E-state index contributed by atoms with van der Waals surface area (Å²) >= 11 is 27.2. The Morgan fingerprint density at radius 2 is 0.864 bits per heavy atom. The first-order chi connectivity index (χ1) is 53.7. The highest BCUT2D eigenvalue weighted by Gasteiger charge is 2.53. The first-order valence-corrected chi connectivity index (χ1v) is 50.7. The number of thiocarbonyl (C=S) groups is 2. The summed E-state index contributed by atoms with van der Waals surface area (Å²) in [5.41, 5.74) is 20.4. The van der Waals surface area contributed by atoms with Crippen molar-refractivity contribution in [2.24, 2.45) is 5.92 Å². The van der Waals surface area contributed by atoms with E-state index in [1.54, 1.807) is 11.8 Å². The number of hydrogen-bond donors (Lipinski definition) is 0. The van der Waals surface area contributed by atoms with Crippen LogP contribution in [0.15, 0.2) is 146 Å². The maximum Gasteiger partial charge on any atom is 0.266 e. The van der Waals surface area contributed by atoms with Crippen molar-refractivity contribution in [2.45, 2.75) is 300 Å². The van der Waals surface area contributed by atoms with Crippen molar-refractivity contribution in [1.29, 1.82) is 0 Å². The number of nitrogens with zero attached hydrogens (tertiary/aromatic N) is 2. The number of carbonyl (C=O) groups excluding carboxylic acids is 2. The molecular weight excluding hydrogens is 1530 g/mol. The molecule has 2 fully saturated rings. The Kier molecular flexibility index (Phi) is 35.8. The minimum atomic E-state index is -0.403. The molecule has 4 unspecified atom stereocenters. The van der Waals surface area contributed by atoms with E-state index in [2.05, 4.69) is 183 Å². The SMILES string of the molecule is CCCCCCCCN1C(=O)/C(=C\C2=CC3C(=C(SCc4ccc(CCCCCC)cc4)SCc4ccc(CCCCCC)cc4)c4cc5c(cc4C3(C)S2)C(=C(SCc2ccc(CCCCCC)cc2)SCc2ccc(CCCCCC)cc2)c2cc(C(C)C3SC(=S)N(CCCCCCCC)C3=O)sc2-5)SC1=S. The van der Waals surface area contributed by atoms with Gasteiger partial charge in [0.15, 0.2) is 0 Å². The van der Waals surface area contributed by atoms with Gasteiger partial charge < -0.3 is 0 Å². The molecule has 0 radical (unpaired) electrons. The van der Waals surface area contributed by atoms with Crippen molar-refractivity contribution in [2.75, 3.05) is 13.1 Å². The second kappa shape index (κ2) is 45.2. The van der Waals surface area contributed by atoms with Crippen molar-refractivity contribution in [3.63, 3.8) is 0 Å². The zero-order valence-corrected chi connectivity index (χ0v) is 75.7. The lowest BCUT2D eigenvalue weighted by Gasteiger charge is -2.26. The van der Waals surface area contributed by atoms with Crippen LogP contribution in [0.25, 0.3) is 21.6 Å². The highest BCUT2D eigenvalue weighted by molar-refractivity contribution is 8.27. The van der Waals surface area contributed by atoms with E-state index in [4.69, 9.17) is 24.4 Å². The van der Waals surface area contributed by atoms with E-state index in [0.717, 1.165) is 88.5 Å². The Morgan fingerprint density at radius 3 is 1.31 bits per heavy atom. The third-order valence-corrected chi connectivity index (χ3v) is 34.0. The lowest BCUT2D eigenvalue weighted by molar-refractivity contribution is -0.126. The molecule has 1 aromatic heterocycles. The highest BCUT2D eigenvalue weighted by atomic mass is 32.2. The lowest BCUT2D eigenvalue weighted by atomic mass is 9.90. The summed E-state index contributed by atoms with van der Waals surface area (Å²) < 4.78 is 3.72. The van der Waals surface area contributed by atoms with E-state index in [9.17, 15) is 9.59 Å². The number of aryl methyl sites for hydroxylation is 4. The number of hydrogen-bond acceptors (Lipinski definition) is 12. The molecule has 5 aliphatic rings. The van der Waals surface area contributed by atoms with Gasteiger partial charge in [-0.25, -0.2) is 0 Å². The van der Waals surface area contributed by atoms with Gasteiger partial charge in [0.05, 0.1) is 14.9 Å². The van der Waals surface area contributed by atoms with Crippen molar-refractivity contribution < 1.29 is 9.59 Å². The van der Waals surface area contributed by atoms with E-state index in [-0.39, 0.29) is 28.9 Å². The zero-order valence-electron chi connectivity index (χ0n) is 67.5. The molecule has 0 saturated carbocycles. The van der Waals surface area contributed by atoms with Crippen LogP contribution in [0, 0.1) is 5.92 Å². The molecule has 14 heteroatoms. The Bertz CT molecular complexity index is 4000. The van der Waals surface area contributed by atoms with Gasteiger partial charge in [-0.2, -0.15) is 0 Å². The van der Waals surface area contributed by atoms with E-state index in [1.807, 2.05) is 79.9 Å². The van der Waals surface area contributed by atoms with Gasteiger partial charge in [-0.3, -0.25) is 19.4 Å². The van der Waals surface area contributed by atoms with Gasteiger partial charge in [0, 0.05) is 87.8 Å². The Labute approximate surface area is 709 Å². The molecule has 2 amide bonds. The van der Waals surface area contributed by atoms with Gasteiger partial charge in [-0.1, -0.05) is 341 Å². The van der Waals surface area contributed by atoms with Crippen molar-refractivity contribution in [3.8, 4) is 10.4 Å². The number of unbranched alkanes of at least 4 members (excludes halogenated alkanes) is 22. The normalized spacial score (nSPS) is 17.9. The number of thioether (sulfide) groups is 7. The fourth-order valence-corrected chi connectivity index (χ4v) is 26.7. The van der Waals surface area contributed by atoms with E-state index < -0.39 is 4.75 Å². The summed E-state index contributed by atoms with van der Waals surface area (Å²) in [7, 11) is 0. The minimum Gasteiger partial charge on any atom is -0.297 e. The molecule has 4 nitrogen and oxygen atoms in total. The monoisotopic (exact) mass is 1660 g/mol. The molecule has 6 aromatic rings. The summed E-state index contributed by atoms with van der Waals surface area (Å²) in [6, 6.07) is 46.1. The molecule has 0 bridgehead atoms. The number of amides is 2. The van der Waals surface area contributed by atoms with E-state index in [0.29, 0.717) is 17.4 Å². The van der Waals surface area contributed by atoms with Gasteiger partial charge in [0.2, 0.25) is 5.91 Å². The third kappa shape index (κ3) is 23.6. The second-order valence-electron chi connectivity index (χ2n) is 31.6. The van der Waals surface area contributed by atoms with Crippen molar-refractivity contribution >= 4 is 150 Å². The fraction of sp³-hybridized carbons (Fsp3) is 0.521. The van der Waals surface area contributed by atoms with Crippen LogP contribution in [0.5, 0.6) is 0 Å². The van der Waals surface area contributed by atoms with Crippen LogP contribution >= 0.6 is 118 Å². The quantitative estimate of drug-likeness (QED) is 0.0208. The molecule has 11 rings (SSSR count). The third-order valence-electron chi connectivity index (χ3n) is 22.8. The molecule has 2 aliphatic carbocycles. The average molecular weight is 1660 g/mol. The van der Waals surface area contributed by atoms with Crippen LogP contribution in [-0.2, 0) is 63.0 Å². The Hall–Kier alpha value is -3.67. The molecular formula is C96H124N2O2S10. The average Bonchev–Trinajstić information content (AvgIpc) is 1.53. The van der Waals surface area contributed by atoms with Crippen LogP contribution < -0.4 is 0 Å². The predicted octanol–water partition coefficient (Wildman–Crippen LogP) is 30.6. The Balaban J connectivity index is 1.05. The lowest BCUT2D eigenvalue weighted by Crippen LogP contribution is -2.33. The van der Waals surface area contributed by atoms with Crippen LogP contribution in [0.4, 0.5) is 0 Å². The van der Waals surface area contributed by atoms with Gasteiger partial charge in [0.1, 0.15) is 8.64 Å². The van der Waals surface area contributed by atoms with E-state index in [1.165, 1.54) is 268 Å². The smallest absolute Gasteiger partial charge is 0.266 e. The van der Waals surface area contributed by atoms with Crippen LogP contribution in [0.3, 0.4) is 0 Å². The minimum absolute atomic E-state index is 0.0161. The van der Waals surface area contributed by atoms with Gasteiger partial charge >= 0.3 is 0 Å². The number of allylic oxidation sites excluding steroid dienone is 3. The predicted molar refractivity (Wildman–Crippen MR) is 502 cm³/mol. The van der Waals surface area contributed by atoms with Crippen molar-refractivity contribution in [3.05, 3.63) is 217 Å². The van der Waals surface area contributed by atoms with E-state index >= 15 is 0 Å². The summed E-state index contributed by atoms with van der Waals surface area (Å²) in [6.07, 6.45) is 43.5. The molecule has 5 aromatic carbocycles. The molecule has 0 spiro atoms. The molecule has 0 N–H and O–H groups in total. The van der Waals surface area contributed by atoms with Crippen LogP contribution in [0.2, 0.25) is 0 Å². The molecule has 590 valence electrons. The van der Waals surface area contributed by atoms with Crippen LogP contribution in [0.1, 0.15) is 313 Å². The fourth-order valence-electron chi connectivity index (χ4n) is 16.0. The summed E-state index contributed by atoms with van der Waals surface area (Å²) in [5, 5.41) is -0.278. The summed E-state index contributed by atoms with van der Waals surface area (Å²) in [4.78, 5) is 37.8. The number of thiophene rings is 1. The standard InChI is InChI=1S/C96H124N2O2S10/c1-9-15-21-27-29-35-57-97-90(99)85(108-94(97)101)60-77-59-83-87(93(105-66-75-53-45-71(46-54-75)39-33-25-19-13-5)106-67-76-55-47-72(48-56-76)40-34-26-20-14-6)80-61-79-78(62-82(80)96(83,8)110-77)86(81-63-84(107-89(79)81)68(7)88-91(100)98(95(102)109-88)58-36-30-28-22-16-10-2)92(103-64-73-49-41-69(42-50-73)37-31-23-17-11-3)104-65-74-51-43-70(44-52-74)38-32-24-18-12-4/h41-56,59-63,68,83,88H,9-40,57-58,64-67H2,1-8H3/b85-60+. The summed E-state index contributed by atoms with van der Waals surface area (Å²) in [6.45, 7) is 19.9. The van der Waals surface area contributed by atoms with Gasteiger partial charge in [-0.15, -0.1) is 70.1 Å². The highest BCUT2D eigenvalue weighted by Crippen LogP contribution is 2.68. The number of carbonyl (C=O) groups is 2. The topological polar surface area (TPSA) is 40.6 Å². The van der Waals surface area contributed by atoms with Crippen LogP contribution in [-0.4, -0.2) is 48.6 Å². The Morgan fingerprint density at radius 1 is 0.464 bits per heavy atom. The summed E-state index contributed by atoms with van der Waals surface area (Å²) in [5.74, 6) is 3.61. The number of fused-ring (bicyclic) bond motifs is 6. The molecule has 2 saturated heterocycles. The molecule has 110 heavy (non-hydrogen) atoms. The van der Waals surface area contributed by atoms with Gasteiger partial charge in [0.25, 0.3) is 5.91 Å². The second-order valence-corrected chi connectivity index (χ2v) is 42.1.